The Balaban J connectivity index is 2.88. The number of anilines is 1. The van der Waals surface area contributed by atoms with E-state index in [0.29, 0.717) is 17.0 Å². The predicted octanol–water partition coefficient (Wildman–Crippen LogP) is 2.65. The van der Waals surface area contributed by atoms with Crippen molar-refractivity contribution < 1.29 is 9.94 Å². The molecule has 1 aromatic carbocycles. The fourth-order valence-corrected chi connectivity index (χ4v) is 2.31. The molecule has 0 radical (unpaired) electrons. The van der Waals surface area contributed by atoms with Crippen LogP contribution in [-0.4, -0.2) is 16.9 Å². The number of methoxy groups -OCH3 is 1. The zero-order chi connectivity index (χ0) is 13.3. The van der Waals surface area contributed by atoms with E-state index in [0.717, 1.165) is 23.1 Å². The number of benzene rings is 1. The fraction of sp³-hybridized carbons (Fsp3) is 0.308. The molecule has 5 heteroatoms. The second kappa shape index (κ2) is 4.59. The van der Waals surface area contributed by atoms with Crippen molar-refractivity contribution in [2.24, 2.45) is 0 Å². The highest BCUT2D eigenvalue weighted by atomic mass is 16.5. The Hall–Kier alpha value is -2.19. The molecular formula is C13H15N3O2. The highest BCUT2D eigenvalue weighted by molar-refractivity contribution is 5.92. The zero-order valence-corrected chi connectivity index (χ0v) is 10.6. The summed E-state index contributed by atoms with van der Waals surface area (Å²) in [6.07, 6.45) is 0. The number of nitrogens with zero attached hydrogens (tertiary/aromatic N) is 2. The molecule has 0 spiro atoms. The van der Waals surface area contributed by atoms with Gasteiger partial charge < -0.3 is 9.30 Å². The lowest BCUT2D eigenvalue weighted by Gasteiger charge is -2.09. The van der Waals surface area contributed by atoms with Crippen LogP contribution in [0.5, 0.6) is 5.75 Å². The van der Waals surface area contributed by atoms with Crippen LogP contribution in [0.2, 0.25) is 0 Å². The molecule has 1 aromatic heterocycles. The van der Waals surface area contributed by atoms with Gasteiger partial charge in [-0.2, -0.15) is 5.26 Å². The lowest BCUT2D eigenvalue weighted by atomic mass is 10.1. The third kappa shape index (κ3) is 1.59. The van der Waals surface area contributed by atoms with E-state index in [1.807, 2.05) is 19.9 Å². The maximum absolute atomic E-state index is 9.24. The molecule has 0 saturated heterocycles. The van der Waals surface area contributed by atoms with Gasteiger partial charge in [0, 0.05) is 23.7 Å². The van der Waals surface area contributed by atoms with Crippen molar-refractivity contribution in [2.45, 2.75) is 20.4 Å². The molecule has 0 aliphatic rings. The van der Waals surface area contributed by atoms with Gasteiger partial charge in [0.2, 0.25) is 0 Å². The molecule has 0 aliphatic carbocycles. The smallest absolute Gasteiger partial charge is 0.146 e. The van der Waals surface area contributed by atoms with Crippen LogP contribution < -0.4 is 10.2 Å². The highest BCUT2D eigenvalue weighted by Gasteiger charge is 2.16. The van der Waals surface area contributed by atoms with Crippen LogP contribution in [-0.2, 0) is 6.54 Å². The van der Waals surface area contributed by atoms with E-state index in [1.54, 1.807) is 13.2 Å². The molecule has 2 aromatic rings. The predicted molar refractivity (Wildman–Crippen MR) is 69.0 cm³/mol. The summed E-state index contributed by atoms with van der Waals surface area (Å²) in [6.45, 7) is 4.72. The van der Waals surface area contributed by atoms with Crippen LogP contribution in [0, 0.1) is 18.3 Å². The lowest BCUT2D eigenvalue weighted by molar-refractivity contribution is 0.373. The average molecular weight is 245 g/mol. The Bertz CT molecular complexity index is 638. The summed E-state index contributed by atoms with van der Waals surface area (Å²) in [4.78, 5) is 0. The lowest BCUT2D eigenvalue weighted by Crippen LogP contribution is -1.98. The summed E-state index contributed by atoms with van der Waals surface area (Å²) in [5.41, 5.74) is 5.03. The summed E-state index contributed by atoms with van der Waals surface area (Å²) >= 11 is 0. The Morgan fingerprint density at radius 1 is 1.50 bits per heavy atom. The van der Waals surface area contributed by atoms with E-state index in [1.165, 1.54) is 0 Å². The first kappa shape index (κ1) is 12.3. The number of hydrogen-bond acceptors (Lipinski definition) is 4. The van der Waals surface area contributed by atoms with Crippen molar-refractivity contribution in [3.63, 3.8) is 0 Å². The van der Waals surface area contributed by atoms with Gasteiger partial charge in [-0.3, -0.25) is 10.7 Å². The Kier molecular flexibility index (Phi) is 3.13. The average Bonchev–Trinajstić information content (AvgIpc) is 2.66. The van der Waals surface area contributed by atoms with Gasteiger partial charge in [-0.1, -0.05) is 0 Å². The third-order valence-corrected chi connectivity index (χ3v) is 3.19. The van der Waals surface area contributed by atoms with Gasteiger partial charge in [-0.25, -0.2) is 0 Å². The monoisotopic (exact) mass is 245 g/mol. The van der Waals surface area contributed by atoms with Crippen LogP contribution in [0.3, 0.4) is 0 Å². The summed E-state index contributed by atoms with van der Waals surface area (Å²) in [5.74, 6) is 0.543. The largest absolute Gasteiger partial charge is 0.494 e. The highest BCUT2D eigenvalue weighted by Crippen LogP contribution is 2.34. The Morgan fingerprint density at radius 3 is 2.72 bits per heavy atom. The topological polar surface area (TPSA) is 70.2 Å². The number of nitriles is 1. The van der Waals surface area contributed by atoms with Crippen LogP contribution in [0.25, 0.3) is 10.9 Å². The van der Waals surface area contributed by atoms with E-state index in [-0.39, 0.29) is 0 Å². The standard InChI is InChI=1S/C13H15N3O2/c1-4-16-8(2)10(7-14)9-5-11(15-17)13(18-3)6-12(9)16/h5-6,15,17H,4H2,1-3H3. The molecule has 5 nitrogen and oxygen atoms in total. The number of fused-ring (bicyclic) bond motifs is 1. The van der Waals surface area contributed by atoms with E-state index in [9.17, 15) is 5.26 Å². The van der Waals surface area contributed by atoms with E-state index >= 15 is 0 Å². The van der Waals surface area contributed by atoms with E-state index in [4.69, 9.17) is 9.94 Å². The molecule has 0 aliphatic heterocycles. The summed E-state index contributed by atoms with van der Waals surface area (Å²) in [6, 6.07) is 5.76. The minimum Gasteiger partial charge on any atom is -0.494 e. The van der Waals surface area contributed by atoms with Crippen molar-refractivity contribution in [1.29, 1.82) is 5.26 Å². The van der Waals surface area contributed by atoms with E-state index < -0.39 is 0 Å². The van der Waals surface area contributed by atoms with Crippen LogP contribution in [0.1, 0.15) is 18.2 Å². The molecule has 18 heavy (non-hydrogen) atoms. The fourth-order valence-electron chi connectivity index (χ4n) is 2.31. The molecule has 0 fully saturated rings. The van der Waals surface area contributed by atoms with Gasteiger partial charge in [0.15, 0.2) is 0 Å². The van der Waals surface area contributed by atoms with Gasteiger partial charge in [-0.15, -0.1) is 0 Å². The number of ether oxygens (including phenoxy) is 1. The first-order valence-electron chi connectivity index (χ1n) is 5.68. The molecule has 0 bridgehead atoms. The maximum atomic E-state index is 9.24. The number of rotatable bonds is 3. The molecule has 0 saturated carbocycles. The summed E-state index contributed by atoms with van der Waals surface area (Å²) in [5, 5.41) is 19.1. The van der Waals surface area contributed by atoms with Crippen molar-refractivity contribution in [1.82, 2.24) is 4.57 Å². The summed E-state index contributed by atoms with van der Waals surface area (Å²) < 4.78 is 7.26. The zero-order valence-electron chi connectivity index (χ0n) is 10.6. The minimum absolute atomic E-state index is 0.453. The number of aromatic nitrogens is 1. The third-order valence-electron chi connectivity index (χ3n) is 3.19. The SMILES string of the molecule is CCn1c(C)c(C#N)c2cc(NO)c(OC)cc21. The Morgan fingerprint density at radius 2 is 2.22 bits per heavy atom. The molecule has 0 atom stereocenters. The molecule has 2 rings (SSSR count). The van der Waals surface area contributed by atoms with Crippen molar-refractivity contribution >= 4 is 16.6 Å². The van der Waals surface area contributed by atoms with Gasteiger partial charge in [-0.05, 0) is 19.9 Å². The van der Waals surface area contributed by atoms with Crippen molar-refractivity contribution in [3.8, 4) is 11.8 Å². The Labute approximate surface area is 105 Å². The summed E-state index contributed by atoms with van der Waals surface area (Å²) in [7, 11) is 1.54. The molecule has 0 unspecified atom stereocenters. The van der Waals surface area contributed by atoms with Crippen LogP contribution >= 0.6 is 0 Å². The normalized spacial score (nSPS) is 10.4. The minimum atomic E-state index is 0.453. The number of aryl methyl sites for hydroxylation is 1. The molecular weight excluding hydrogens is 230 g/mol. The first-order valence-corrected chi connectivity index (χ1v) is 5.68. The van der Waals surface area contributed by atoms with Crippen LogP contribution in [0.4, 0.5) is 5.69 Å². The number of nitrogens with one attached hydrogen (secondary N) is 1. The molecule has 2 N–H and O–H groups in total. The first-order chi connectivity index (χ1) is 8.67. The second-order valence-corrected chi connectivity index (χ2v) is 4.00. The number of hydrogen-bond donors (Lipinski definition) is 2. The van der Waals surface area contributed by atoms with Gasteiger partial charge in [0.25, 0.3) is 0 Å². The second-order valence-electron chi connectivity index (χ2n) is 4.00. The van der Waals surface area contributed by atoms with Gasteiger partial charge in [0.1, 0.15) is 17.5 Å². The molecule has 1 heterocycles. The van der Waals surface area contributed by atoms with Gasteiger partial charge >= 0.3 is 0 Å². The maximum Gasteiger partial charge on any atom is 0.146 e. The van der Waals surface area contributed by atoms with Gasteiger partial charge in [0.05, 0.1) is 18.2 Å². The van der Waals surface area contributed by atoms with Crippen molar-refractivity contribution in [3.05, 3.63) is 23.4 Å². The van der Waals surface area contributed by atoms with Crippen LogP contribution in [0.15, 0.2) is 12.1 Å². The van der Waals surface area contributed by atoms with Crippen molar-refractivity contribution in [2.75, 3.05) is 12.6 Å². The molecule has 94 valence electrons. The quantitative estimate of drug-likeness (QED) is 0.815. The molecule has 0 amide bonds. The van der Waals surface area contributed by atoms with E-state index in [2.05, 4.69) is 16.1 Å².